The quantitative estimate of drug-likeness (QED) is 0.456. The van der Waals surface area contributed by atoms with Crippen LogP contribution in [0.25, 0.3) is 10.8 Å². The molecule has 0 aliphatic carbocycles. The van der Waals surface area contributed by atoms with Gasteiger partial charge in [0.25, 0.3) is 0 Å². The van der Waals surface area contributed by atoms with Crippen molar-refractivity contribution in [3.63, 3.8) is 0 Å². The maximum absolute atomic E-state index is 11.6. The first-order valence-corrected chi connectivity index (χ1v) is 7.31. The highest BCUT2D eigenvalue weighted by atomic mass is 16.3. The predicted octanol–water partition coefficient (Wildman–Crippen LogP) is 1.77. The molecule has 0 atom stereocenters. The minimum atomic E-state index is -0.846. The van der Waals surface area contributed by atoms with Crippen LogP contribution < -0.4 is 10.7 Å². The van der Waals surface area contributed by atoms with Gasteiger partial charge in [-0.05, 0) is 22.8 Å². The molecule has 0 aromatic heterocycles. The van der Waals surface area contributed by atoms with E-state index in [1.165, 1.54) is 6.21 Å². The van der Waals surface area contributed by atoms with E-state index >= 15 is 0 Å². The topological polar surface area (TPSA) is 90.8 Å². The van der Waals surface area contributed by atoms with Gasteiger partial charge in [-0.3, -0.25) is 9.59 Å². The molecule has 0 aliphatic rings. The van der Waals surface area contributed by atoms with Gasteiger partial charge < -0.3 is 10.4 Å². The van der Waals surface area contributed by atoms with Crippen molar-refractivity contribution in [3.8, 4) is 5.75 Å². The van der Waals surface area contributed by atoms with E-state index in [9.17, 15) is 14.7 Å². The number of carbonyl (C=O) groups is 2. The summed E-state index contributed by atoms with van der Waals surface area (Å²) in [6, 6.07) is 10.8. The van der Waals surface area contributed by atoms with Gasteiger partial charge in [0.15, 0.2) is 0 Å². The highest BCUT2D eigenvalue weighted by Crippen LogP contribution is 2.25. The Bertz CT molecular complexity index is 754. The van der Waals surface area contributed by atoms with Gasteiger partial charge in [0.05, 0.1) is 6.21 Å². The maximum atomic E-state index is 11.6. The molecule has 2 amide bonds. The van der Waals surface area contributed by atoms with Crippen molar-refractivity contribution < 1.29 is 14.7 Å². The first-order chi connectivity index (χ1) is 11.0. The number of benzene rings is 2. The summed E-state index contributed by atoms with van der Waals surface area (Å²) in [6.45, 7) is 4.28. The number of nitrogens with one attached hydrogen (secondary N) is 2. The van der Waals surface area contributed by atoms with Crippen LogP contribution in [0.15, 0.2) is 41.5 Å². The van der Waals surface area contributed by atoms with E-state index in [2.05, 4.69) is 15.8 Å². The number of nitrogens with zero attached hydrogens (tertiary/aromatic N) is 1. The van der Waals surface area contributed by atoms with Crippen LogP contribution >= 0.6 is 0 Å². The molecule has 2 aromatic carbocycles. The van der Waals surface area contributed by atoms with Crippen LogP contribution in [-0.2, 0) is 9.59 Å². The number of phenols is 1. The molecular weight excluding hydrogens is 294 g/mol. The number of fused-ring (bicyclic) bond motifs is 1. The highest BCUT2D eigenvalue weighted by molar-refractivity contribution is 6.35. The van der Waals surface area contributed by atoms with Crippen LogP contribution in [0.3, 0.4) is 0 Å². The fourth-order valence-corrected chi connectivity index (χ4v) is 2.00. The summed E-state index contributed by atoms with van der Waals surface area (Å²) in [5, 5.41) is 17.9. The van der Waals surface area contributed by atoms with Gasteiger partial charge in [-0.15, -0.1) is 0 Å². The van der Waals surface area contributed by atoms with Crippen LogP contribution in [0.1, 0.15) is 19.4 Å². The van der Waals surface area contributed by atoms with Gasteiger partial charge >= 0.3 is 11.8 Å². The molecule has 0 aliphatic heterocycles. The molecule has 0 spiro atoms. The van der Waals surface area contributed by atoms with Crippen molar-refractivity contribution in [2.75, 3.05) is 6.54 Å². The summed E-state index contributed by atoms with van der Waals surface area (Å²) in [5.41, 5.74) is 2.63. The van der Waals surface area contributed by atoms with Crippen LogP contribution in [0.4, 0.5) is 0 Å². The standard InChI is InChI=1S/C17H19N3O3/c1-11(2)9-18-16(22)17(23)20-19-10-14-13-6-4-3-5-12(13)7-8-15(14)21/h3-8,10-11,21H,9H2,1-2H3,(H,18,22)(H,20,23). The molecule has 3 N–H and O–H groups in total. The van der Waals surface area contributed by atoms with Crippen LogP contribution in [0.2, 0.25) is 0 Å². The minimum absolute atomic E-state index is 0.0472. The summed E-state index contributed by atoms with van der Waals surface area (Å²) >= 11 is 0. The second kappa shape index (κ2) is 7.40. The lowest BCUT2D eigenvalue weighted by Crippen LogP contribution is -2.39. The average Bonchev–Trinajstić information content (AvgIpc) is 2.54. The van der Waals surface area contributed by atoms with Crippen LogP contribution in [0.5, 0.6) is 5.75 Å². The number of hydrogen-bond donors (Lipinski definition) is 3. The Hall–Kier alpha value is -2.89. The second-order valence-electron chi connectivity index (χ2n) is 5.52. The molecule has 0 radical (unpaired) electrons. The lowest BCUT2D eigenvalue weighted by Gasteiger charge is -2.06. The summed E-state index contributed by atoms with van der Waals surface area (Å²) < 4.78 is 0. The first-order valence-electron chi connectivity index (χ1n) is 7.31. The molecule has 23 heavy (non-hydrogen) atoms. The van der Waals surface area contributed by atoms with Crippen molar-refractivity contribution in [2.24, 2.45) is 11.0 Å². The molecule has 0 unspecified atom stereocenters. The van der Waals surface area contributed by atoms with Gasteiger partial charge in [-0.1, -0.05) is 44.2 Å². The molecule has 2 aromatic rings. The van der Waals surface area contributed by atoms with Gasteiger partial charge in [0.2, 0.25) is 0 Å². The Morgan fingerprint density at radius 2 is 1.91 bits per heavy atom. The molecule has 0 saturated carbocycles. The Balaban J connectivity index is 2.08. The number of rotatable bonds is 4. The van der Waals surface area contributed by atoms with Crippen molar-refractivity contribution >= 4 is 28.8 Å². The zero-order valence-electron chi connectivity index (χ0n) is 13.0. The average molecular weight is 313 g/mol. The third-order valence-electron chi connectivity index (χ3n) is 3.18. The second-order valence-corrected chi connectivity index (χ2v) is 5.52. The Morgan fingerprint density at radius 1 is 1.17 bits per heavy atom. The van der Waals surface area contributed by atoms with Gasteiger partial charge in [0, 0.05) is 12.1 Å². The SMILES string of the molecule is CC(C)CNC(=O)C(=O)NN=Cc1c(O)ccc2ccccc12. The monoisotopic (exact) mass is 313 g/mol. The zero-order valence-corrected chi connectivity index (χ0v) is 13.0. The lowest BCUT2D eigenvalue weighted by atomic mass is 10.0. The number of hydrogen-bond acceptors (Lipinski definition) is 4. The number of phenolic OH excluding ortho intramolecular Hbond substituents is 1. The molecule has 0 bridgehead atoms. The maximum Gasteiger partial charge on any atom is 0.329 e. The van der Waals surface area contributed by atoms with E-state index in [1.807, 2.05) is 38.1 Å². The molecule has 2 rings (SSSR count). The Morgan fingerprint density at radius 3 is 2.65 bits per heavy atom. The zero-order chi connectivity index (χ0) is 16.8. The largest absolute Gasteiger partial charge is 0.507 e. The van der Waals surface area contributed by atoms with Crippen molar-refractivity contribution in [3.05, 3.63) is 42.0 Å². The van der Waals surface area contributed by atoms with E-state index in [4.69, 9.17) is 0 Å². The molecule has 6 heteroatoms. The Kier molecular flexibility index (Phi) is 5.30. The van der Waals surface area contributed by atoms with E-state index < -0.39 is 11.8 Å². The smallest absolute Gasteiger partial charge is 0.329 e. The number of carbonyl (C=O) groups excluding carboxylic acids is 2. The molecular formula is C17H19N3O3. The van der Waals surface area contributed by atoms with E-state index in [1.54, 1.807) is 12.1 Å². The molecule has 6 nitrogen and oxygen atoms in total. The number of hydrazone groups is 1. The summed E-state index contributed by atoms with van der Waals surface area (Å²) in [5.74, 6) is -1.28. The van der Waals surface area contributed by atoms with Gasteiger partial charge in [0.1, 0.15) is 5.75 Å². The van der Waals surface area contributed by atoms with Gasteiger partial charge in [-0.25, -0.2) is 5.43 Å². The Labute approximate surface area is 134 Å². The molecule has 0 saturated heterocycles. The van der Waals surface area contributed by atoms with Crippen LogP contribution in [0, 0.1) is 5.92 Å². The van der Waals surface area contributed by atoms with Crippen molar-refractivity contribution in [2.45, 2.75) is 13.8 Å². The third-order valence-corrected chi connectivity index (χ3v) is 3.18. The minimum Gasteiger partial charge on any atom is -0.507 e. The summed E-state index contributed by atoms with van der Waals surface area (Å²) in [7, 11) is 0. The van der Waals surface area contributed by atoms with E-state index in [-0.39, 0.29) is 11.7 Å². The predicted molar refractivity (Wildman–Crippen MR) is 89.2 cm³/mol. The number of aromatic hydroxyl groups is 1. The fourth-order valence-electron chi connectivity index (χ4n) is 2.00. The number of amides is 2. The van der Waals surface area contributed by atoms with Gasteiger partial charge in [-0.2, -0.15) is 5.10 Å². The normalized spacial score (nSPS) is 11.1. The lowest BCUT2D eigenvalue weighted by molar-refractivity contribution is -0.139. The fraction of sp³-hybridized carbons (Fsp3) is 0.235. The highest BCUT2D eigenvalue weighted by Gasteiger charge is 2.12. The molecule has 0 heterocycles. The van der Waals surface area contributed by atoms with E-state index in [0.29, 0.717) is 12.1 Å². The first kappa shape index (κ1) is 16.5. The van der Waals surface area contributed by atoms with Crippen LogP contribution in [-0.4, -0.2) is 29.7 Å². The molecule has 0 fully saturated rings. The van der Waals surface area contributed by atoms with Crippen molar-refractivity contribution in [1.29, 1.82) is 0 Å². The molecule has 120 valence electrons. The summed E-state index contributed by atoms with van der Waals surface area (Å²) in [6.07, 6.45) is 1.32. The summed E-state index contributed by atoms with van der Waals surface area (Å²) in [4.78, 5) is 23.1. The third kappa shape index (κ3) is 4.29. The van der Waals surface area contributed by atoms with Crippen molar-refractivity contribution in [1.82, 2.24) is 10.7 Å². The van der Waals surface area contributed by atoms with E-state index in [0.717, 1.165) is 10.8 Å².